The van der Waals surface area contributed by atoms with Crippen molar-refractivity contribution in [1.82, 2.24) is 25.0 Å². The normalized spacial score (nSPS) is 11.1. The Bertz CT molecular complexity index is 1140. The van der Waals surface area contributed by atoms with E-state index in [-0.39, 0.29) is 0 Å². The molecule has 6 nitrogen and oxygen atoms in total. The molecule has 2 aromatic carbocycles. The van der Waals surface area contributed by atoms with Crippen molar-refractivity contribution in [2.45, 2.75) is 24.8 Å². The number of aryl methyl sites for hydroxylation is 2. The van der Waals surface area contributed by atoms with Gasteiger partial charge in [-0.3, -0.25) is 4.57 Å². The first-order valence-electron chi connectivity index (χ1n) is 8.41. The number of halogens is 2. The number of nitrogens with zero attached hydrogens (tertiary/aromatic N) is 5. The summed E-state index contributed by atoms with van der Waals surface area (Å²) in [7, 11) is 0. The van der Waals surface area contributed by atoms with Crippen LogP contribution in [0.25, 0.3) is 17.1 Å². The third kappa shape index (κ3) is 3.78. The number of aromatic nitrogens is 5. The predicted octanol–water partition coefficient (Wildman–Crippen LogP) is 5.53. The molecule has 0 bridgehead atoms. The fourth-order valence-corrected chi connectivity index (χ4v) is 4.04. The Hall–Kier alpha value is -2.35. The second kappa shape index (κ2) is 7.95. The highest BCUT2D eigenvalue weighted by Crippen LogP contribution is 2.34. The van der Waals surface area contributed by atoms with Gasteiger partial charge >= 0.3 is 0 Å². The topological polar surface area (TPSA) is 69.6 Å². The Balaban J connectivity index is 1.80. The molecule has 28 heavy (non-hydrogen) atoms. The zero-order valence-corrected chi connectivity index (χ0v) is 17.4. The minimum absolute atomic E-state index is 0.485. The molecular formula is C19H15Cl2N5OS. The van der Waals surface area contributed by atoms with Crippen LogP contribution in [0, 0.1) is 13.8 Å². The summed E-state index contributed by atoms with van der Waals surface area (Å²) in [5.41, 5.74) is 2.81. The largest absolute Gasteiger partial charge is 0.425 e. The van der Waals surface area contributed by atoms with Crippen molar-refractivity contribution in [3.63, 3.8) is 0 Å². The van der Waals surface area contributed by atoms with E-state index >= 15 is 0 Å². The van der Waals surface area contributed by atoms with E-state index in [0.29, 0.717) is 38.6 Å². The molecule has 0 N–H and O–H groups in total. The third-order valence-electron chi connectivity index (χ3n) is 4.05. The lowest BCUT2D eigenvalue weighted by Gasteiger charge is -2.13. The maximum absolute atomic E-state index is 6.44. The van der Waals surface area contributed by atoms with Crippen molar-refractivity contribution in [1.29, 1.82) is 0 Å². The van der Waals surface area contributed by atoms with Gasteiger partial charge in [0, 0.05) is 17.5 Å². The van der Waals surface area contributed by atoms with Gasteiger partial charge in [-0.2, -0.15) is 0 Å². The number of hydrogen-bond acceptors (Lipinski definition) is 6. The van der Waals surface area contributed by atoms with E-state index in [9.17, 15) is 0 Å². The lowest BCUT2D eigenvalue weighted by Crippen LogP contribution is -2.02. The fourth-order valence-electron chi connectivity index (χ4n) is 2.76. The molecule has 0 spiro atoms. The van der Waals surface area contributed by atoms with E-state index in [4.69, 9.17) is 27.6 Å². The number of hydrogen-bond donors (Lipinski definition) is 0. The van der Waals surface area contributed by atoms with Crippen molar-refractivity contribution >= 4 is 35.0 Å². The number of para-hydroxylation sites is 1. The Morgan fingerprint density at radius 1 is 1.00 bits per heavy atom. The van der Waals surface area contributed by atoms with Crippen LogP contribution in [0.5, 0.6) is 0 Å². The van der Waals surface area contributed by atoms with E-state index in [0.717, 1.165) is 16.8 Å². The van der Waals surface area contributed by atoms with Gasteiger partial charge in [-0.05, 0) is 36.8 Å². The lowest BCUT2D eigenvalue weighted by atomic mass is 10.1. The summed E-state index contributed by atoms with van der Waals surface area (Å²) in [5, 5.41) is 18.5. The van der Waals surface area contributed by atoms with Crippen molar-refractivity contribution in [3.05, 3.63) is 69.9 Å². The first-order chi connectivity index (χ1) is 13.5. The van der Waals surface area contributed by atoms with Gasteiger partial charge in [-0.1, -0.05) is 53.2 Å². The summed E-state index contributed by atoms with van der Waals surface area (Å²) in [6.07, 6.45) is 0. The summed E-state index contributed by atoms with van der Waals surface area (Å²) < 4.78 is 7.45. The molecular weight excluding hydrogens is 417 g/mol. The Morgan fingerprint density at radius 2 is 1.82 bits per heavy atom. The lowest BCUT2D eigenvalue weighted by molar-refractivity contribution is 0.485. The van der Waals surface area contributed by atoms with Crippen LogP contribution in [-0.4, -0.2) is 25.0 Å². The second-order valence-corrected chi connectivity index (χ2v) is 7.84. The van der Waals surface area contributed by atoms with Crippen LogP contribution in [-0.2, 0) is 5.75 Å². The van der Waals surface area contributed by atoms with Crippen molar-refractivity contribution in [2.75, 3.05) is 0 Å². The Morgan fingerprint density at radius 3 is 2.54 bits per heavy atom. The number of thioether (sulfide) groups is 1. The highest BCUT2D eigenvalue weighted by molar-refractivity contribution is 7.98. The monoisotopic (exact) mass is 431 g/mol. The average molecular weight is 432 g/mol. The van der Waals surface area contributed by atoms with Crippen LogP contribution >= 0.6 is 35.0 Å². The van der Waals surface area contributed by atoms with E-state index in [2.05, 4.69) is 20.4 Å². The molecule has 0 unspecified atom stereocenters. The SMILES string of the molecule is Cc1nnc(CSc2nnc(-c3ccc(Cl)cc3Cl)n2-c2ccccc2C)o1. The predicted molar refractivity (Wildman–Crippen MR) is 110 cm³/mol. The van der Waals surface area contributed by atoms with Gasteiger partial charge in [-0.25, -0.2) is 0 Å². The summed E-state index contributed by atoms with van der Waals surface area (Å²) in [4.78, 5) is 0. The molecule has 0 saturated heterocycles. The maximum Gasteiger partial charge on any atom is 0.226 e. The van der Waals surface area contributed by atoms with Gasteiger partial charge in [0.15, 0.2) is 11.0 Å². The minimum Gasteiger partial charge on any atom is -0.425 e. The highest BCUT2D eigenvalue weighted by atomic mass is 35.5. The molecule has 2 heterocycles. The molecule has 0 aliphatic heterocycles. The smallest absolute Gasteiger partial charge is 0.226 e. The maximum atomic E-state index is 6.44. The molecule has 0 saturated carbocycles. The second-order valence-electron chi connectivity index (χ2n) is 6.06. The molecule has 0 amide bonds. The van der Waals surface area contributed by atoms with E-state index in [1.807, 2.05) is 41.8 Å². The van der Waals surface area contributed by atoms with Crippen LogP contribution in [0.3, 0.4) is 0 Å². The van der Waals surface area contributed by atoms with E-state index in [1.54, 1.807) is 19.1 Å². The summed E-state index contributed by atoms with van der Waals surface area (Å²) in [5.74, 6) is 2.19. The van der Waals surface area contributed by atoms with Crippen LogP contribution < -0.4 is 0 Å². The quantitative estimate of drug-likeness (QED) is 0.386. The van der Waals surface area contributed by atoms with Crippen LogP contribution in [0.4, 0.5) is 0 Å². The van der Waals surface area contributed by atoms with Gasteiger partial charge in [0.05, 0.1) is 16.5 Å². The molecule has 9 heteroatoms. The average Bonchev–Trinajstić information content (AvgIpc) is 3.26. The van der Waals surface area contributed by atoms with E-state index < -0.39 is 0 Å². The Kier molecular flexibility index (Phi) is 5.39. The standard InChI is InChI=1S/C19H15Cl2N5OS/c1-11-5-3-4-6-16(11)26-18(14-8-7-13(20)9-15(14)21)24-25-19(26)28-10-17-23-22-12(2)27-17/h3-9H,10H2,1-2H3. The van der Waals surface area contributed by atoms with Crippen molar-refractivity contribution in [2.24, 2.45) is 0 Å². The van der Waals surface area contributed by atoms with Crippen molar-refractivity contribution in [3.8, 4) is 17.1 Å². The molecule has 0 fully saturated rings. The number of benzene rings is 2. The first-order valence-corrected chi connectivity index (χ1v) is 10.2. The summed E-state index contributed by atoms with van der Waals surface area (Å²) in [6.45, 7) is 3.80. The number of rotatable bonds is 5. The summed E-state index contributed by atoms with van der Waals surface area (Å²) >= 11 is 14.0. The van der Waals surface area contributed by atoms with Crippen molar-refractivity contribution < 1.29 is 4.42 Å². The highest BCUT2D eigenvalue weighted by Gasteiger charge is 2.20. The third-order valence-corrected chi connectivity index (χ3v) is 5.52. The molecule has 4 aromatic rings. The fraction of sp³-hybridized carbons (Fsp3) is 0.158. The molecule has 0 radical (unpaired) electrons. The van der Waals surface area contributed by atoms with Crippen LogP contribution in [0.15, 0.2) is 52.0 Å². The van der Waals surface area contributed by atoms with Gasteiger partial charge in [-0.15, -0.1) is 20.4 Å². The zero-order valence-electron chi connectivity index (χ0n) is 15.1. The van der Waals surface area contributed by atoms with E-state index in [1.165, 1.54) is 11.8 Å². The van der Waals surface area contributed by atoms with Gasteiger partial charge in [0.25, 0.3) is 0 Å². The molecule has 142 valence electrons. The Labute approximate surface area is 175 Å². The van der Waals surface area contributed by atoms with Crippen LogP contribution in [0.2, 0.25) is 10.0 Å². The minimum atomic E-state index is 0.485. The molecule has 0 aliphatic carbocycles. The molecule has 4 rings (SSSR count). The van der Waals surface area contributed by atoms with Gasteiger partial charge in [0.2, 0.25) is 11.8 Å². The zero-order chi connectivity index (χ0) is 19.7. The summed E-state index contributed by atoms with van der Waals surface area (Å²) in [6, 6.07) is 13.4. The molecule has 2 aromatic heterocycles. The van der Waals surface area contributed by atoms with Crippen LogP contribution in [0.1, 0.15) is 17.3 Å². The molecule has 0 atom stereocenters. The first kappa shape index (κ1) is 19.0. The van der Waals surface area contributed by atoms with Gasteiger partial charge < -0.3 is 4.42 Å². The molecule has 0 aliphatic rings. The van der Waals surface area contributed by atoms with Gasteiger partial charge in [0.1, 0.15) is 0 Å².